The third-order valence-electron chi connectivity index (χ3n) is 16.2. The number of allylic oxidation sites excluding steroid dienone is 28. The topological polar surface area (TPSA) is 237 Å². The van der Waals surface area contributed by atoms with E-state index in [0.29, 0.717) is 38.5 Å². The van der Waals surface area contributed by atoms with Gasteiger partial charge in [0, 0.05) is 25.7 Å². The second-order valence-corrected chi connectivity index (χ2v) is 29.1. The molecular formula is C87H142O17P2. The van der Waals surface area contributed by atoms with E-state index < -0.39 is 97.5 Å². The largest absolute Gasteiger partial charge is 0.472 e. The van der Waals surface area contributed by atoms with Crippen LogP contribution < -0.4 is 0 Å². The van der Waals surface area contributed by atoms with Crippen LogP contribution in [0.5, 0.6) is 0 Å². The molecule has 0 aliphatic heterocycles. The summed E-state index contributed by atoms with van der Waals surface area (Å²) < 4.78 is 68.5. The Morgan fingerprint density at radius 1 is 0.274 bits per heavy atom. The second kappa shape index (κ2) is 77.6. The Bertz CT molecular complexity index is 2680. The first-order valence-corrected chi connectivity index (χ1v) is 43.4. The van der Waals surface area contributed by atoms with Crippen molar-refractivity contribution in [2.75, 3.05) is 39.6 Å². The standard InChI is InChI=1S/C87H142O17P2/c1-5-9-13-17-21-25-29-33-37-39-40-42-46-48-52-56-60-64-68-72-85(90)98-78-83(104-87(92)74-70-66-62-58-54-50-44-36-32-28-24-20-16-12-8-4)80-102-106(95,96)100-76-81(88)75-99-105(93,94)101-79-82(103-86(91)73-69-65-61-57-53-49-43-35-31-27-23-19-15-11-7-3)77-97-84(89)71-67-63-59-55-51-47-45-41-38-34-30-26-22-18-14-10-6-2/h9-10,12-14,16,21-22,24-26,28,33-34,36-38,40,42,44-45,47-48,52,55,59-60,64,81-83,88H,5-8,11,15,17-20,23,27,29-32,35,39,41,43,46,49-51,53-54,56-58,61-63,65-80H2,1-4H3,(H,93,94)(H,95,96)/b13-9-,14-10-,16-12-,25-21-,26-22-,28-24-,37-33-,38-34-,42-40-,44-36-,47-45-,52-48-,59-55-,64-60-. The Hall–Kier alpha value is -5.58. The molecule has 5 unspecified atom stereocenters. The maximum atomic E-state index is 13.1. The van der Waals surface area contributed by atoms with Crippen molar-refractivity contribution in [1.82, 2.24) is 0 Å². The third kappa shape index (κ3) is 76.6. The number of rotatable bonds is 74. The zero-order chi connectivity index (χ0) is 77.4. The van der Waals surface area contributed by atoms with Crippen molar-refractivity contribution in [3.05, 3.63) is 170 Å². The second-order valence-electron chi connectivity index (χ2n) is 26.2. The van der Waals surface area contributed by atoms with Crippen LogP contribution in [-0.4, -0.2) is 96.7 Å². The average Bonchev–Trinajstić information content (AvgIpc) is 0.909. The molecule has 0 aromatic carbocycles. The number of aliphatic hydroxyl groups is 1. The number of ether oxygens (including phenoxy) is 4. The molecule has 0 rings (SSSR count). The SMILES string of the molecule is CC/C=C\C/C=C\C/C=C\C/C=C\C/C=C\C/C=C\CCC(=O)OCC(COP(=O)(O)OCC(O)COP(=O)(O)OCC(COC(=O)CCC/C=C\C/C=C\C/C=C\C/C=C\C/C=C\CC)OC(=O)CCCCCCCCCCCCCCCCC)OC(=O)CCCCCCC/C=C\C/C=C\C/C=C\CC. The van der Waals surface area contributed by atoms with Gasteiger partial charge < -0.3 is 33.8 Å². The first-order chi connectivity index (χ1) is 51.7. The lowest BCUT2D eigenvalue weighted by Gasteiger charge is -2.21. The minimum atomic E-state index is -5.01. The minimum Gasteiger partial charge on any atom is -0.462 e. The van der Waals surface area contributed by atoms with Crippen molar-refractivity contribution < 1.29 is 80.2 Å². The van der Waals surface area contributed by atoms with Crippen LogP contribution in [0.25, 0.3) is 0 Å². The van der Waals surface area contributed by atoms with Crippen LogP contribution in [0.3, 0.4) is 0 Å². The van der Waals surface area contributed by atoms with Crippen molar-refractivity contribution in [2.24, 2.45) is 0 Å². The lowest BCUT2D eigenvalue weighted by molar-refractivity contribution is -0.161. The summed E-state index contributed by atoms with van der Waals surface area (Å²) in [5, 5.41) is 10.6. The number of carbonyl (C=O) groups is 4. The smallest absolute Gasteiger partial charge is 0.462 e. The van der Waals surface area contributed by atoms with Gasteiger partial charge in [0.2, 0.25) is 0 Å². The number of hydrogen-bond acceptors (Lipinski definition) is 15. The molecular weight excluding hydrogens is 1380 g/mol. The highest BCUT2D eigenvalue weighted by Crippen LogP contribution is 2.45. The highest BCUT2D eigenvalue weighted by molar-refractivity contribution is 7.47. The molecule has 5 atom stereocenters. The number of hydrogen-bond donors (Lipinski definition) is 3. The van der Waals surface area contributed by atoms with Gasteiger partial charge in [-0.25, -0.2) is 9.13 Å². The molecule has 0 fully saturated rings. The first-order valence-electron chi connectivity index (χ1n) is 40.4. The van der Waals surface area contributed by atoms with Gasteiger partial charge in [-0.15, -0.1) is 0 Å². The molecule has 0 radical (unpaired) electrons. The van der Waals surface area contributed by atoms with Crippen LogP contribution in [0, 0.1) is 0 Å². The van der Waals surface area contributed by atoms with Gasteiger partial charge in [-0.3, -0.25) is 37.3 Å². The number of phosphoric ester groups is 2. The van der Waals surface area contributed by atoms with Gasteiger partial charge in [0.1, 0.15) is 19.3 Å². The van der Waals surface area contributed by atoms with E-state index in [2.05, 4.69) is 167 Å². The summed E-state index contributed by atoms with van der Waals surface area (Å²) in [5.74, 6) is -2.37. The molecule has 602 valence electrons. The van der Waals surface area contributed by atoms with E-state index in [4.69, 9.17) is 37.0 Å². The molecule has 0 saturated heterocycles. The molecule has 0 amide bonds. The molecule has 106 heavy (non-hydrogen) atoms. The summed E-state index contributed by atoms with van der Waals surface area (Å²) >= 11 is 0. The zero-order valence-corrected chi connectivity index (χ0v) is 67.6. The van der Waals surface area contributed by atoms with Crippen LogP contribution in [0.2, 0.25) is 0 Å². The predicted octanol–water partition coefficient (Wildman–Crippen LogP) is 23.8. The Morgan fingerprint density at radius 3 is 0.840 bits per heavy atom. The van der Waals surface area contributed by atoms with Crippen LogP contribution in [0.4, 0.5) is 0 Å². The van der Waals surface area contributed by atoms with Gasteiger partial charge >= 0.3 is 39.5 Å². The van der Waals surface area contributed by atoms with Gasteiger partial charge in [-0.05, 0) is 135 Å². The Morgan fingerprint density at radius 2 is 0.519 bits per heavy atom. The van der Waals surface area contributed by atoms with Gasteiger partial charge in [0.05, 0.1) is 26.4 Å². The van der Waals surface area contributed by atoms with Gasteiger partial charge in [-0.2, -0.15) is 0 Å². The van der Waals surface area contributed by atoms with Crippen molar-refractivity contribution in [3.8, 4) is 0 Å². The fourth-order valence-electron chi connectivity index (χ4n) is 10.2. The van der Waals surface area contributed by atoms with E-state index in [1.165, 1.54) is 64.2 Å². The van der Waals surface area contributed by atoms with Crippen LogP contribution in [-0.2, 0) is 65.4 Å². The van der Waals surface area contributed by atoms with Crippen molar-refractivity contribution >= 4 is 39.5 Å². The van der Waals surface area contributed by atoms with Crippen LogP contribution in [0.1, 0.15) is 297 Å². The summed E-state index contributed by atoms with van der Waals surface area (Å²) in [6.07, 6.45) is 92.1. The van der Waals surface area contributed by atoms with Crippen molar-refractivity contribution in [1.29, 1.82) is 0 Å². The lowest BCUT2D eigenvalue weighted by atomic mass is 10.0. The molecule has 0 heterocycles. The summed E-state index contributed by atoms with van der Waals surface area (Å²) in [7, 11) is -10.0. The van der Waals surface area contributed by atoms with E-state index in [-0.39, 0.29) is 25.7 Å². The summed E-state index contributed by atoms with van der Waals surface area (Å²) in [5.41, 5.74) is 0. The highest BCUT2D eigenvalue weighted by Gasteiger charge is 2.30. The monoisotopic (exact) mass is 1520 g/mol. The number of aliphatic hydroxyl groups excluding tert-OH is 1. The van der Waals surface area contributed by atoms with Crippen molar-refractivity contribution in [3.63, 3.8) is 0 Å². The van der Waals surface area contributed by atoms with Gasteiger partial charge in [0.25, 0.3) is 0 Å². The van der Waals surface area contributed by atoms with E-state index in [0.717, 1.165) is 141 Å². The third-order valence-corrected chi connectivity index (χ3v) is 18.1. The summed E-state index contributed by atoms with van der Waals surface area (Å²) in [6.45, 7) is 4.37. The quantitative estimate of drug-likeness (QED) is 0.0169. The Labute approximate surface area is 642 Å². The van der Waals surface area contributed by atoms with Gasteiger partial charge in [-0.1, -0.05) is 307 Å². The van der Waals surface area contributed by atoms with E-state index in [1.807, 2.05) is 30.4 Å². The number of unbranched alkanes of at least 4 members (excludes halogenated alkanes) is 20. The number of phosphoric acid groups is 2. The maximum absolute atomic E-state index is 13.1. The molecule has 0 aromatic heterocycles. The lowest BCUT2D eigenvalue weighted by Crippen LogP contribution is -2.30. The molecule has 0 aliphatic rings. The van der Waals surface area contributed by atoms with Crippen molar-refractivity contribution in [2.45, 2.75) is 316 Å². The van der Waals surface area contributed by atoms with Crippen LogP contribution >= 0.6 is 15.6 Å². The predicted molar refractivity (Wildman–Crippen MR) is 436 cm³/mol. The van der Waals surface area contributed by atoms with E-state index in [9.17, 15) is 43.2 Å². The minimum absolute atomic E-state index is 0.0256. The summed E-state index contributed by atoms with van der Waals surface area (Å²) in [4.78, 5) is 73.0. The first kappa shape index (κ1) is 100. The van der Waals surface area contributed by atoms with Crippen LogP contribution in [0.15, 0.2) is 170 Å². The maximum Gasteiger partial charge on any atom is 0.472 e. The van der Waals surface area contributed by atoms with Gasteiger partial charge in [0.15, 0.2) is 12.2 Å². The fraction of sp³-hybridized carbons (Fsp3) is 0.632. The number of carbonyl (C=O) groups excluding carboxylic acids is 4. The molecule has 0 bridgehead atoms. The zero-order valence-electron chi connectivity index (χ0n) is 65.8. The summed E-state index contributed by atoms with van der Waals surface area (Å²) in [6, 6.07) is 0. The number of esters is 4. The Kier molecular flexibility index (Phi) is 73.5. The normalized spacial score (nSPS) is 14.7. The molecule has 0 aliphatic carbocycles. The van der Waals surface area contributed by atoms with E-state index >= 15 is 0 Å². The molecule has 0 spiro atoms. The molecule has 17 nitrogen and oxygen atoms in total. The fourth-order valence-corrected chi connectivity index (χ4v) is 11.8. The average molecular weight is 1520 g/mol. The molecule has 3 N–H and O–H groups in total. The highest BCUT2D eigenvalue weighted by atomic mass is 31.2. The molecule has 0 saturated carbocycles. The molecule has 0 aromatic rings. The van der Waals surface area contributed by atoms with E-state index in [1.54, 1.807) is 0 Å². The molecule has 19 heteroatoms. The Balaban J connectivity index is 5.49.